The van der Waals surface area contributed by atoms with Crippen molar-refractivity contribution in [1.82, 2.24) is 0 Å². The van der Waals surface area contributed by atoms with Gasteiger partial charge in [-0.2, -0.15) is 0 Å². The first-order chi connectivity index (χ1) is 8.17. The predicted molar refractivity (Wildman–Crippen MR) is 72.8 cm³/mol. The van der Waals surface area contributed by atoms with Gasteiger partial charge in [-0.15, -0.1) is 0 Å². The zero-order valence-electron chi connectivity index (χ0n) is 9.88. The molecule has 0 atom stereocenters. The minimum Gasteiger partial charge on any atom is -0.396 e. The lowest BCUT2D eigenvalue weighted by molar-refractivity contribution is 0.0824. The Morgan fingerprint density at radius 3 is 2.47 bits per heavy atom. The molecule has 0 spiro atoms. The lowest BCUT2D eigenvalue weighted by Crippen LogP contribution is -2.30. The zero-order chi connectivity index (χ0) is 12.3. The van der Waals surface area contributed by atoms with Gasteiger partial charge in [-0.25, -0.2) is 0 Å². The second-order valence-corrected chi connectivity index (χ2v) is 5.89. The van der Waals surface area contributed by atoms with Crippen LogP contribution in [-0.2, 0) is 6.42 Å². The highest BCUT2D eigenvalue weighted by Gasteiger charge is 2.32. The molecule has 1 saturated carbocycles. The molecular formula is C14H18Cl2O. The number of benzene rings is 1. The monoisotopic (exact) mass is 272 g/mol. The molecule has 0 bridgehead atoms. The van der Waals surface area contributed by atoms with Crippen LogP contribution in [-0.4, -0.2) is 11.7 Å². The quantitative estimate of drug-likeness (QED) is 0.860. The van der Waals surface area contributed by atoms with E-state index < -0.39 is 0 Å². The van der Waals surface area contributed by atoms with Crippen LogP contribution in [0, 0.1) is 5.41 Å². The number of rotatable bonds is 3. The van der Waals surface area contributed by atoms with Gasteiger partial charge in [0.05, 0.1) is 10.0 Å². The molecule has 0 radical (unpaired) electrons. The molecule has 0 aromatic heterocycles. The summed E-state index contributed by atoms with van der Waals surface area (Å²) in [5.74, 6) is 0. The first kappa shape index (κ1) is 13.2. The van der Waals surface area contributed by atoms with Gasteiger partial charge in [-0.05, 0) is 36.3 Å². The molecule has 1 fully saturated rings. The Morgan fingerprint density at radius 2 is 1.82 bits per heavy atom. The number of hydrogen-bond donors (Lipinski definition) is 1. The number of halogens is 2. The van der Waals surface area contributed by atoms with Crippen molar-refractivity contribution < 1.29 is 5.11 Å². The van der Waals surface area contributed by atoms with Crippen molar-refractivity contribution in [2.24, 2.45) is 5.41 Å². The first-order valence-corrected chi connectivity index (χ1v) is 6.96. The molecule has 1 aliphatic carbocycles. The number of aliphatic hydroxyl groups excluding tert-OH is 1. The smallest absolute Gasteiger partial charge is 0.0624 e. The summed E-state index contributed by atoms with van der Waals surface area (Å²) in [6.07, 6.45) is 6.71. The Balaban J connectivity index is 2.20. The van der Waals surface area contributed by atoms with Gasteiger partial charge in [-0.3, -0.25) is 0 Å². The van der Waals surface area contributed by atoms with Crippen molar-refractivity contribution in [3.63, 3.8) is 0 Å². The Bertz CT molecular complexity index is 384. The van der Waals surface area contributed by atoms with E-state index in [0.29, 0.717) is 10.0 Å². The number of aliphatic hydroxyl groups is 1. The second-order valence-electron chi connectivity index (χ2n) is 5.11. The van der Waals surface area contributed by atoms with Crippen LogP contribution in [0.15, 0.2) is 18.2 Å². The fourth-order valence-corrected chi connectivity index (χ4v) is 3.17. The van der Waals surface area contributed by atoms with Gasteiger partial charge in [0, 0.05) is 6.61 Å². The molecule has 3 heteroatoms. The highest BCUT2D eigenvalue weighted by molar-refractivity contribution is 6.42. The van der Waals surface area contributed by atoms with Gasteiger partial charge >= 0.3 is 0 Å². The van der Waals surface area contributed by atoms with E-state index in [2.05, 4.69) is 0 Å². The normalized spacial score (nSPS) is 19.2. The van der Waals surface area contributed by atoms with Gasteiger partial charge in [0.2, 0.25) is 0 Å². The molecule has 94 valence electrons. The van der Waals surface area contributed by atoms with E-state index in [4.69, 9.17) is 23.2 Å². The third-order valence-electron chi connectivity index (χ3n) is 3.85. The van der Waals surface area contributed by atoms with Crippen LogP contribution in [0.25, 0.3) is 0 Å². The fourth-order valence-electron chi connectivity index (χ4n) is 2.78. The lowest BCUT2D eigenvalue weighted by atomic mass is 9.71. The topological polar surface area (TPSA) is 20.2 Å². The predicted octanol–water partition coefficient (Wildman–Crippen LogP) is 4.48. The molecule has 2 rings (SSSR count). The molecule has 1 aromatic carbocycles. The van der Waals surface area contributed by atoms with Crippen LogP contribution in [0.5, 0.6) is 0 Å². The highest BCUT2D eigenvalue weighted by Crippen LogP contribution is 2.40. The van der Waals surface area contributed by atoms with Crippen molar-refractivity contribution >= 4 is 23.2 Å². The molecule has 1 nitrogen and oxygen atoms in total. The van der Waals surface area contributed by atoms with Crippen LogP contribution >= 0.6 is 23.2 Å². The summed E-state index contributed by atoms with van der Waals surface area (Å²) in [5, 5.41) is 10.9. The van der Waals surface area contributed by atoms with Crippen LogP contribution in [0.3, 0.4) is 0 Å². The van der Waals surface area contributed by atoms with Gasteiger partial charge in [0.15, 0.2) is 0 Å². The van der Waals surface area contributed by atoms with E-state index in [0.717, 1.165) is 24.8 Å². The van der Waals surface area contributed by atoms with Gasteiger partial charge in [0.25, 0.3) is 0 Å². The molecule has 0 unspecified atom stereocenters. The van der Waals surface area contributed by atoms with Crippen LogP contribution in [0.4, 0.5) is 0 Å². The van der Waals surface area contributed by atoms with E-state index in [9.17, 15) is 5.11 Å². The van der Waals surface area contributed by atoms with E-state index in [1.165, 1.54) is 19.3 Å². The summed E-state index contributed by atoms with van der Waals surface area (Å²) in [5.41, 5.74) is 1.09. The Morgan fingerprint density at radius 1 is 1.12 bits per heavy atom. The summed E-state index contributed by atoms with van der Waals surface area (Å²) in [6.45, 7) is 0.246. The highest BCUT2D eigenvalue weighted by atomic mass is 35.5. The minimum atomic E-state index is 0.0204. The van der Waals surface area contributed by atoms with Crippen molar-refractivity contribution in [2.75, 3.05) is 6.61 Å². The van der Waals surface area contributed by atoms with Crippen molar-refractivity contribution in [1.29, 1.82) is 0 Å². The summed E-state index contributed by atoms with van der Waals surface area (Å²) in [6, 6.07) is 5.75. The maximum Gasteiger partial charge on any atom is 0.0624 e. The van der Waals surface area contributed by atoms with E-state index in [-0.39, 0.29) is 12.0 Å². The summed E-state index contributed by atoms with van der Waals surface area (Å²) in [4.78, 5) is 0. The molecule has 1 aliphatic rings. The fraction of sp³-hybridized carbons (Fsp3) is 0.571. The SMILES string of the molecule is OCC1(Cc2cccc(Cl)c2Cl)CCCCC1. The first-order valence-electron chi connectivity index (χ1n) is 6.21. The van der Waals surface area contributed by atoms with Crippen molar-refractivity contribution in [3.8, 4) is 0 Å². The Labute approximate surface area is 113 Å². The number of hydrogen-bond acceptors (Lipinski definition) is 1. The van der Waals surface area contributed by atoms with Gasteiger partial charge in [-0.1, -0.05) is 54.6 Å². The average molecular weight is 273 g/mol. The molecule has 1 aromatic rings. The van der Waals surface area contributed by atoms with Crippen molar-refractivity contribution in [2.45, 2.75) is 38.5 Å². The largest absolute Gasteiger partial charge is 0.396 e. The molecule has 0 saturated heterocycles. The third-order valence-corrected chi connectivity index (χ3v) is 4.70. The summed E-state index contributed by atoms with van der Waals surface area (Å²) in [7, 11) is 0. The molecule has 0 aliphatic heterocycles. The maximum atomic E-state index is 9.69. The molecular weight excluding hydrogens is 255 g/mol. The zero-order valence-corrected chi connectivity index (χ0v) is 11.4. The third kappa shape index (κ3) is 2.96. The molecule has 0 heterocycles. The van der Waals surface area contributed by atoms with Gasteiger partial charge in [0.1, 0.15) is 0 Å². The van der Waals surface area contributed by atoms with Crippen LogP contribution in [0.1, 0.15) is 37.7 Å². The average Bonchev–Trinajstić information content (AvgIpc) is 2.36. The van der Waals surface area contributed by atoms with Crippen LogP contribution < -0.4 is 0 Å². The summed E-state index contributed by atoms with van der Waals surface area (Å²) < 4.78 is 0. The van der Waals surface area contributed by atoms with Crippen LogP contribution in [0.2, 0.25) is 10.0 Å². The second kappa shape index (κ2) is 5.60. The summed E-state index contributed by atoms with van der Waals surface area (Å²) >= 11 is 12.2. The molecule has 0 amide bonds. The minimum absolute atomic E-state index is 0.0204. The Hall–Kier alpha value is -0.240. The lowest BCUT2D eigenvalue weighted by Gasteiger charge is -2.36. The Kier molecular flexibility index (Phi) is 4.35. The van der Waals surface area contributed by atoms with Crippen molar-refractivity contribution in [3.05, 3.63) is 33.8 Å². The van der Waals surface area contributed by atoms with E-state index >= 15 is 0 Å². The standard InChI is InChI=1S/C14H18Cl2O/c15-12-6-4-5-11(13(12)16)9-14(10-17)7-2-1-3-8-14/h4-6,17H,1-3,7-10H2. The molecule has 1 N–H and O–H groups in total. The maximum absolute atomic E-state index is 9.69. The van der Waals surface area contributed by atoms with Gasteiger partial charge < -0.3 is 5.11 Å². The van der Waals surface area contributed by atoms with E-state index in [1.807, 2.05) is 12.1 Å². The van der Waals surface area contributed by atoms with E-state index in [1.54, 1.807) is 6.07 Å². The molecule has 17 heavy (non-hydrogen) atoms.